The fraction of sp³-hybridized carbons (Fsp3) is 0.182. The highest BCUT2D eigenvalue weighted by molar-refractivity contribution is 6.08. The summed E-state index contributed by atoms with van der Waals surface area (Å²) in [4.78, 5) is 3.72. The van der Waals surface area contributed by atoms with E-state index in [0.29, 0.717) is 0 Å². The summed E-state index contributed by atoms with van der Waals surface area (Å²) in [5.74, 6) is 0. The molecule has 120 valence electrons. The van der Waals surface area contributed by atoms with Gasteiger partial charge in [-0.15, -0.1) is 0 Å². The third-order valence-electron chi connectivity index (χ3n) is 4.75. The topological polar surface area (TPSA) is 41.8 Å². The number of rotatable bonds is 5. The van der Waals surface area contributed by atoms with Crippen LogP contribution in [0.3, 0.4) is 0 Å². The van der Waals surface area contributed by atoms with Gasteiger partial charge in [-0.2, -0.15) is 0 Å². The van der Waals surface area contributed by atoms with Crippen molar-refractivity contribution >= 4 is 21.7 Å². The van der Waals surface area contributed by atoms with Gasteiger partial charge < -0.3 is 10.7 Å². The molecule has 0 amide bonds. The van der Waals surface area contributed by atoms with Gasteiger partial charge in [-0.05, 0) is 42.3 Å². The maximum atomic E-state index is 5.70. The zero-order valence-electron chi connectivity index (χ0n) is 13.8. The molecule has 0 unspecified atom stereocenters. The molecule has 0 bridgehead atoms. The van der Waals surface area contributed by atoms with Crippen molar-refractivity contribution in [2.45, 2.75) is 19.3 Å². The second-order valence-corrected chi connectivity index (χ2v) is 6.30. The summed E-state index contributed by atoms with van der Waals surface area (Å²) in [5.41, 5.74) is 10.9. The molecule has 1 aromatic heterocycles. The molecule has 0 aliphatic rings. The second-order valence-electron chi connectivity index (χ2n) is 6.30. The summed E-state index contributed by atoms with van der Waals surface area (Å²) in [6.07, 6.45) is 3.24. The molecular weight excluding hydrogens is 292 g/mol. The van der Waals surface area contributed by atoms with Crippen molar-refractivity contribution in [1.82, 2.24) is 4.98 Å². The van der Waals surface area contributed by atoms with Crippen LogP contribution >= 0.6 is 0 Å². The van der Waals surface area contributed by atoms with Crippen LogP contribution in [0.25, 0.3) is 32.9 Å². The monoisotopic (exact) mass is 314 g/mol. The number of aromatic nitrogens is 1. The molecule has 0 atom stereocenters. The first-order chi connectivity index (χ1) is 11.9. The first-order valence-electron chi connectivity index (χ1n) is 8.66. The number of hydrogen-bond acceptors (Lipinski definition) is 1. The first-order valence-corrected chi connectivity index (χ1v) is 8.66. The molecule has 1 heterocycles. The molecule has 2 nitrogen and oxygen atoms in total. The minimum Gasteiger partial charge on any atom is -0.354 e. The Kier molecular flexibility index (Phi) is 4.06. The fourth-order valence-corrected chi connectivity index (χ4v) is 3.55. The predicted octanol–water partition coefficient (Wildman–Crippen LogP) is 5.27. The molecule has 0 aliphatic heterocycles. The van der Waals surface area contributed by atoms with E-state index in [-0.39, 0.29) is 0 Å². The lowest BCUT2D eigenvalue weighted by Crippen LogP contribution is -1.99. The Bertz CT molecular complexity index is 967. The van der Waals surface area contributed by atoms with Crippen LogP contribution in [0.15, 0.2) is 66.7 Å². The minimum atomic E-state index is 0.756. The number of benzene rings is 3. The molecule has 0 aliphatic carbocycles. The highest BCUT2D eigenvalue weighted by atomic mass is 14.7. The molecular formula is C22H22N2. The van der Waals surface area contributed by atoms with Crippen LogP contribution in [0.5, 0.6) is 0 Å². The Hall–Kier alpha value is -2.58. The van der Waals surface area contributed by atoms with Gasteiger partial charge in [-0.3, -0.25) is 0 Å². The highest BCUT2D eigenvalue weighted by Crippen LogP contribution is 2.35. The van der Waals surface area contributed by atoms with Gasteiger partial charge in [0, 0.05) is 16.5 Å². The van der Waals surface area contributed by atoms with Crippen LogP contribution in [0.4, 0.5) is 0 Å². The van der Waals surface area contributed by atoms with Gasteiger partial charge in [-0.1, -0.05) is 66.7 Å². The van der Waals surface area contributed by atoms with Gasteiger partial charge in [0.2, 0.25) is 0 Å². The number of aryl methyl sites for hydroxylation is 1. The lowest BCUT2D eigenvalue weighted by atomic mass is 9.99. The van der Waals surface area contributed by atoms with Gasteiger partial charge in [0.05, 0.1) is 5.52 Å². The van der Waals surface area contributed by atoms with E-state index in [1.165, 1.54) is 38.5 Å². The standard InChI is InChI=1S/C22H22N2/c23-15-7-6-12-19-20-14-13-16-8-4-5-11-18(16)22(20)24-21(19)17-9-2-1-3-10-17/h1-5,8-11,13-14,24H,6-7,12,15,23H2. The van der Waals surface area contributed by atoms with Gasteiger partial charge >= 0.3 is 0 Å². The van der Waals surface area contributed by atoms with Crippen molar-refractivity contribution in [1.29, 1.82) is 0 Å². The van der Waals surface area contributed by atoms with Gasteiger partial charge in [0.1, 0.15) is 0 Å². The van der Waals surface area contributed by atoms with Crippen molar-refractivity contribution in [3.8, 4) is 11.3 Å². The Morgan fingerprint density at radius 3 is 2.38 bits per heavy atom. The number of H-pyrrole nitrogens is 1. The molecule has 0 spiro atoms. The van der Waals surface area contributed by atoms with E-state index in [2.05, 4.69) is 71.7 Å². The zero-order valence-corrected chi connectivity index (χ0v) is 13.8. The highest BCUT2D eigenvalue weighted by Gasteiger charge is 2.14. The van der Waals surface area contributed by atoms with E-state index in [0.717, 1.165) is 25.8 Å². The molecule has 0 fully saturated rings. The summed E-state index contributed by atoms with van der Waals surface area (Å²) in [6, 6.07) is 23.7. The SMILES string of the molecule is NCCCCc1c(-c2ccccc2)[nH]c2c1ccc1ccccc12. The van der Waals surface area contributed by atoms with Crippen LogP contribution in [-0.4, -0.2) is 11.5 Å². The first kappa shape index (κ1) is 15.0. The van der Waals surface area contributed by atoms with Crippen LogP contribution in [0.2, 0.25) is 0 Å². The van der Waals surface area contributed by atoms with Crippen molar-refractivity contribution in [3.63, 3.8) is 0 Å². The van der Waals surface area contributed by atoms with Crippen LogP contribution in [0, 0.1) is 0 Å². The number of nitrogens with two attached hydrogens (primary N) is 1. The maximum Gasteiger partial charge on any atom is 0.0541 e. The summed E-state index contributed by atoms with van der Waals surface area (Å²) >= 11 is 0. The van der Waals surface area contributed by atoms with E-state index in [9.17, 15) is 0 Å². The number of hydrogen-bond donors (Lipinski definition) is 2. The van der Waals surface area contributed by atoms with E-state index >= 15 is 0 Å². The minimum absolute atomic E-state index is 0.756. The molecule has 0 saturated carbocycles. The number of fused-ring (bicyclic) bond motifs is 3. The smallest absolute Gasteiger partial charge is 0.0541 e. The van der Waals surface area contributed by atoms with Gasteiger partial charge in [0.15, 0.2) is 0 Å². The maximum absolute atomic E-state index is 5.70. The summed E-state index contributed by atoms with van der Waals surface area (Å²) in [7, 11) is 0. The number of aromatic amines is 1. The third kappa shape index (κ3) is 2.59. The lowest BCUT2D eigenvalue weighted by molar-refractivity contribution is 0.748. The number of unbranched alkanes of at least 4 members (excludes halogenated alkanes) is 1. The largest absolute Gasteiger partial charge is 0.354 e. The summed E-state index contributed by atoms with van der Waals surface area (Å²) in [6.45, 7) is 0.756. The average molecular weight is 314 g/mol. The second kappa shape index (κ2) is 6.50. The van der Waals surface area contributed by atoms with Crippen molar-refractivity contribution in [2.24, 2.45) is 5.73 Å². The molecule has 24 heavy (non-hydrogen) atoms. The van der Waals surface area contributed by atoms with Crippen molar-refractivity contribution in [3.05, 3.63) is 72.3 Å². The molecule has 4 aromatic rings. The predicted molar refractivity (Wildman–Crippen MR) is 103 cm³/mol. The normalized spacial score (nSPS) is 11.4. The third-order valence-corrected chi connectivity index (χ3v) is 4.75. The van der Waals surface area contributed by atoms with E-state index in [1.807, 2.05) is 0 Å². The van der Waals surface area contributed by atoms with E-state index in [4.69, 9.17) is 5.73 Å². The molecule has 3 N–H and O–H groups in total. The van der Waals surface area contributed by atoms with Crippen molar-refractivity contribution in [2.75, 3.05) is 6.54 Å². The summed E-state index contributed by atoms with van der Waals surface area (Å²) < 4.78 is 0. The van der Waals surface area contributed by atoms with Gasteiger partial charge in [-0.25, -0.2) is 0 Å². The average Bonchev–Trinajstić information content (AvgIpc) is 3.02. The van der Waals surface area contributed by atoms with E-state index in [1.54, 1.807) is 0 Å². The molecule has 0 saturated heterocycles. The molecule has 0 radical (unpaired) electrons. The molecule has 4 rings (SSSR count). The lowest BCUT2D eigenvalue weighted by Gasteiger charge is -2.05. The summed E-state index contributed by atoms with van der Waals surface area (Å²) in [5, 5.41) is 3.90. The fourth-order valence-electron chi connectivity index (χ4n) is 3.55. The Morgan fingerprint density at radius 1 is 0.750 bits per heavy atom. The van der Waals surface area contributed by atoms with Crippen LogP contribution in [0.1, 0.15) is 18.4 Å². The quantitative estimate of drug-likeness (QED) is 0.484. The van der Waals surface area contributed by atoms with Crippen LogP contribution < -0.4 is 5.73 Å². The number of nitrogens with one attached hydrogen (secondary N) is 1. The van der Waals surface area contributed by atoms with Gasteiger partial charge in [0.25, 0.3) is 0 Å². The zero-order chi connectivity index (χ0) is 16.4. The van der Waals surface area contributed by atoms with Crippen LogP contribution in [-0.2, 0) is 6.42 Å². The Morgan fingerprint density at radius 2 is 1.54 bits per heavy atom. The molecule has 2 heteroatoms. The van der Waals surface area contributed by atoms with Crippen molar-refractivity contribution < 1.29 is 0 Å². The Balaban J connectivity index is 1.95. The van der Waals surface area contributed by atoms with E-state index < -0.39 is 0 Å². The Labute approximate surface area is 142 Å². The molecule has 3 aromatic carbocycles.